The number of benzene rings is 2. The van der Waals surface area contributed by atoms with E-state index in [1.54, 1.807) is 7.11 Å². The Bertz CT molecular complexity index is 722. The first-order valence-electron chi connectivity index (χ1n) is 9.65. The number of hydrogen-bond donors (Lipinski definition) is 3. The summed E-state index contributed by atoms with van der Waals surface area (Å²) in [4.78, 5) is 4.48. The molecule has 0 aromatic heterocycles. The molecule has 3 N–H and O–H groups in total. The van der Waals surface area contributed by atoms with Gasteiger partial charge in [-0.25, -0.2) is 0 Å². The van der Waals surface area contributed by atoms with Gasteiger partial charge in [-0.3, -0.25) is 4.99 Å². The number of ether oxygens (including phenoxy) is 2. The second kappa shape index (κ2) is 11.9. The van der Waals surface area contributed by atoms with Gasteiger partial charge >= 0.3 is 0 Å². The van der Waals surface area contributed by atoms with E-state index in [9.17, 15) is 5.11 Å². The normalized spacial score (nSPS) is 13.5. The van der Waals surface area contributed by atoms with Crippen LogP contribution in [0.4, 0.5) is 0 Å². The highest BCUT2D eigenvalue weighted by Crippen LogP contribution is 2.19. The van der Waals surface area contributed by atoms with Crippen LogP contribution in [0.1, 0.15) is 19.4 Å². The lowest BCUT2D eigenvalue weighted by molar-refractivity contribution is 0.183. The molecule has 0 amide bonds. The predicted molar refractivity (Wildman–Crippen MR) is 113 cm³/mol. The molecule has 0 fully saturated rings. The van der Waals surface area contributed by atoms with Crippen molar-refractivity contribution >= 4 is 5.96 Å². The van der Waals surface area contributed by atoms with E-state index >= 15 is 0 Å². The van der Waals surface area contributed by atoms with Crippen molar-refractivity contribution in [3.63, 3.8) is 0 Å². The summed E-state index contributed by atoms with van der Waals surface area (Å²) in [6.45, 7) is 5.65. The van der Waals surface area contributed by atoms with Gasteiger partial charge in [0.25, 0.3) is 0 Å². The molecule has 152 valence electrons. The van der Waals surface area contributed by atoms with Crippen molar-refractivity contribution in [3.05, 3.63) is 60.2 Å². The second-order valence-electron chi connectivity index (χ2n) is 6.55. The molecule has 0 aliphatic heterocycles. The number of aliphatic hydroxyl groups excluding tert-OH is 1. The van der Waals surface area contributed by atoms with Gasteiger partial charge in [0.15, 0.2) is 5.96 Å². The van der Waals surface area contributed by atoms with Gasteiger partial charge in [-0.2, -0.15) is 0 Å². The first-order chi connectivity index (χ1) is 13.6. The molecular formula is C22H31N3O3. The van der Waals surface area contributed by atoms with Crippen molar-refractivity contribution in [2.24, 2.45) is 4.99 Å². The largest absolute Gasteiger partial charge is 0.497 e. The van der Waals surface area contributed by atoms with Gasteiger partial charge in [-0.1, -0.05) is 36.4 Å². The quantitative estimate of drug-likeness (QED) is 0.433. The Morgan fingerprint density at radius 1 is 1.07 bits per heavy atom. The molecule has 2 unspecified atom stereocenters. The second-order valence-corrected chi connectivity index (χ2v) is 6.55. The van der Waals surface area contributed by atoms with Crippen molar-refractivity contribution in [3.8, 4) is 11.5 Å². The van der Waals surface area contributed by atoms with Crippen LogP contribution in [0.15, 0.2) is 59.6 Å². The van der Waals surface area contributed by atoms with Crippen molar-refractivity contribution < 1.29 is 14.6 Å². The average molecular weight is 386 g/mol. The number of rotatable bonds is 10. The molecular weight excluding hydrogens is 354 g/mol. The predicted octanol–water partition coefficient (Wildman–Crippen LogP) is 2.62. The van der Waals surface area contributed by atoms with E-state index < -0.39 is 6.10 Å². The van der Waals surface area contributed by atoms with Gasteiger partial charge in [0, 0.05) is 19.0 Å². The fraction of sp³-hybridized carbons (Fsp3) is 0.409. The van der Waals surface area contributed by atoms with Gasteiger partial charge in [-0.05, 0) is 31.5 Å². The highest BCUT2D eigenvalue weighted by molar-refractivity contribution is 5.79. The molecule has 0 bridgehead atoms. The van der Waals surface area contributed by atoms with E-state index in [-0.39, 0.29) is 6.10 Å². The zero-order valence-electron chi connectivity index (χ0n) is 16.9. The van der Waals surface area contributed by atoms with Gasteiger partial charge in [0.1, 0.15) is 17.6 Å². The summed E-state index contributed by atoms with van der Waals surface area (Å²) >= 11 is 0. The number of aliphatic imine (C=N–C) groups is 1. The van der Waals surface area contributed by atoms with E-state index in [0.717, 1.165) is 23.6 Å². The Hall–Kier alpha value is -2.73. The molecule has 2 rings (SSSR count). The summed E-state index contributed by atoms with van der Waals surface area (Å²) in [7, 11) is 1.63. The molecule has 0 aliphatic rings. The lowest BCUT2D eigenvalue weighted by atomic mass is 10.1. The Kier molecular flexibility index (Phi) is 9.15. The minimum Gasteiger partial charge on any atom is -0.497 e. The third-order valence-corrected chi connectivity index (χ3v) is 4.05. The number of hydrogen-bond acceptors (Lipinski definition) is 4. The first kappa shape index (κ1) is 21.6. The maximum absolute atomic E-state index is 10.2. The van der Waals surface area contributed by atoms with E-state index in [1.807, 2.05) is 68.4 Å². The van der Waals surface area contributed by atoms with Crippen molar-refractivity contribution in [1.82, 2.24) is 10.6 Å². The molecule has 0 saturated carbocycles. The van der Waals surface area contributed by atoms with Crippen LogP contribution >= 0.6 is 0 Å². The molecule has 6 nitrogen and oxygen atoms in total. The van der Waals surface area contributed by atoms with Gasteiger partial charge in [-0.15, -0.1) is 0 Å². The van der Waals surface area contributed by atoms with Crippen molar-refractivity contribution in [2.75, 3.05) is 26.7 Å². The molecule has 2 atom stereocenters. The molecule has 6 heteroatoms. The lowest BCUT2D eigenvalue weighted by Gasteiger charge is -2.18. The van der Waals surface area contributed by atoms with Gasteiger partial charge in [0.2, 0.25) is 0 Å². The number of guanidine groups is 1. The third-order valence-electron chi connectivity index (χ3n) is 4.05. The Balaban J connectivity index is 1.82. The van der Waals surface area contributed by atoms with E-state index in [4.69, 9.17) is 9.47 Å². The van der Waals surface area contributed by atoms with Crippen LogP contribution in [0, 0.1) is 0 Å². The summed E-state index contributed by atoms with van der Waals surface area (Å²) in [5, 5.41) is 16.7. The minimum atomic E-state index is -0.525. The molecule has 0 saturated heterocycles. The maximum atomic E-state index is 10.2. The highest BCUT2D eigenvalue weighted by Gasteiger charge is 2.08. The minimum absolute atomic E-state index is 0.0646. The Morgan fingerprint density at radius 3 is 2.54 bits per heavy atom. The monoisotopic (exact) mass is 385 g/mol. The zero-order valence-corrected chi connectivity index (χ0v) is 16.9. The fourth-order valence-corrected chi connectivity index (χ4v) is 2.68. The van der Waals surface area contributed by atoms with Crippen LogP contribution < -0.4 is 20.1 Å². The molecule has 0 spiro atoms. The molecule has 0 radical (unpaired) electrons. The number of nitrogens with one attached hydrogen (secondary N) is 2. The Labute approximate surface area is 167 Å². The summed E-state index contributed by atoms with van der Waals surface area (Å²) in [6, 6.07) is 17.5. The number of nitrogens with zero attached hydrogens (tertiary/aromatic N) is 1. The van der Waals surface area contributed by atoms with E-state index in [1.165, 1.54) is 0 Å². The SMILES string of the molecule is CCNC(=NCC(O)Cc1ccccc1)NCC(C)Oc1cccc(OC)c1. The van der Waals surface area contributed by atoms with Gasteiger partial charge < -0.3 is 25.2 Å². The average Bonchev–Trinajstić information content (AvgIpc) is 2.71. The van der Waals surface area contributed by atoms with Crippen LogP contribution in [0.3, 0.4) is 0 Å². The van der Waals surface area contributed by atoms with Crippen molar-refractivity contribution in [2.45, 2.75) is 32.5 Å². The molecule has 0 aliphatic carbocycles. The van der Waals surface area contributed by atoms with E-state index in [0.29, 0.717) is 25.5 Å². The summed E-state index contributed by atoms with van der Waals surface area (Å²) in [5.74, 6) is 2.18. The van der Waals surface area contributed by atoms with E-state index in [2.05, 4.69) is 15.6 Å². The summed E-state index contributed by atoms with van der Waals surface area (Å²) in [6.07, 6.45) is -0.00690. The summed E-state index contributed by atoms with van der Waals surface area (Å²) < 4.78 is 11.1. The number of methoxy groups -OCH3 is 1. The molecule has 2 aromatic rings. The summed E-state index contributed by atoms with van der Waals surface area (Å²) in [5.41, 5.74) is 1.10. The zero-order chi connectivity index (χ0) is 20.2. The lowest BCUT2D eigenvalue weighted by Crippen LogP contribution is -2.42. The third kappa shape index (κ3) is 7.88. The van der Waals surface area contributed by atoms with Crippen LogP contribution in [-0.2, 0) is 6.42 Å². The highest BCUT2D eigenvalue weighted by atomic mass is 16.5. The van der Waals surface area contributed by atoms with Crippen molar-refractivity contribution in [1.29, 1.82) is 0 Å². The smallest absolute Gasteiger partial charge is 0.191 e. The van der Waals surface area contributed by atoms with Crippen LogP contribution in [0.2, 0.25) is 0 Å². The van der Waals surface area contributed by atoms with Crippen LogP contribution in [0.25, 0.3) is 0 Å². The first-order valence-corrected chi connectivity index (χ1v) is 9.65. The molecule has 28 heavy (non-hydrogen) atoms. The number of aliphatic hydroxyl groups is 1. The van der Waals surface area contributed by atoms with Gasteiger partial charge in [0.05, 0.1) is 26.3 Å². The fourth-order valence-electron chi connectivity index (χ4n) is 2.68. The van der Waals surface area contributed by atoms with Crippen LogP contribution in [0.5, 0.6) is 11.5 Å². The maximum Gasteiger partial charge on any atom is 0.191 e. The Morgan fingerprint density at radius 2 is 1.82 bits per heavy atom. The standard InChI is InChI=1S/C22H31N3O3/c1-4-23-22(25-16-19(26)13-18-9-6-5-7-10-18)24-15-17(2)28-21-12-8-11-20(14-21)27-3/h5-12,14,17,19,26H,4,13,15-16H2,1-3H3,(H2,23,24,25). The molecule has 0 heterocycles. The van der Waals surface area contributed by atoms with Crippen LogP contribution in [-0.4, -0.2) is 50.0 Å². The molecule has 2 aromatic carbocycles. The topological polar surface area (TPSA) is 75.1 Å².